The molecule has 0 saturated carbocycles. The Bertz CT molecular complexity index is 414. The van der Waals surface area contributed by atoms with E-state index in [2.05, 4.69) is 69.5 Å². The van der Waals surface area contributed by atoms with Gasteiger partial charge in [-0.3, -0.25) is 0 Å². The van der Waals surface area contributed by atoms with Gasteiger partial charge in [0, 0.05) is 6.61 Å². The Morgan fingerprint density at radius 3 is 2.29 bits per heavy atom. The number of unbranched alkanes of at least 4 members (excludes halogenated alkanes) is 1. The average Bonchev–Trinajstić information content (AvgIpc) is 2.52. The van der Waals surface area contributed by atoms with Crippen molar-refractivity contribution in [2.75, 3.05) is 19.7 Å². The second-order valence-corrected chi connectivity index (χ2v) is 10.2. The van der Waals surface area contributed by atoms with Gasteiger partial charge in [0.05, 0.1) is 0 Å². The zero-order valence-corrected chi connectivity index (χ0v) is 17.5. The third kappa shape index (κ3) is 10.3. The van der Waals surface area contributed by atoms with Crippen molar-refractivity contribution < 1.29 is 4.43 Å². The lowest BCUT2D eigenvalue weighted by Gasteiger charge is -2.31. The van der Waals surface area contributed by atoms with Gasteiger partial charge in [-0.15, -0.1) is 0 Å². The van der Waals surface area contributed by atoms with Crippen LogP contribution in [0.3, 0.4) is 0 Å². The normalized spacial score (nSPS) is 13.4. The summed E-state index contributed by atoms with van der Waals surface area (Å²) >= 11 is 0. The highest BCUT2D eigenvalue weighted by Gasteiger charge is 2.24. The van der Waals surface area contributed by atoms with E-state index in [9.17, 15) is 0 Å². The lowest BCUT2D eigenvalue weighted by Crippen LogP contribution is -2.28. The molecule has 0 aliphatic carbocycles. The molecule has 0 heterocycles. The lowest BCUT2D eigenvalue weighted by molar-refractivity contribution is 0.136. The third-order valence-electron chi connectivity index (χ3n) is 4.62. The van der Waals surface area contributed by atoms with Crippen molar-refractivity contribution in [3.05, 3.63) is 35.9 Å². The molecule has 0 saturated heterocycles. The minimum absolute atomic E-state index is 0.340. The molecule has 0 bridgehead atoms. The van der Waals surface area contributed by atoms with E-state index in [0.717, 1.165) is 19.7 Å². The fourth-order valence-corrected chi connectivity index (χ4v) is 3.39. The summed E-state index contributed by atoms with van der Waals surface area (Å²) < 4.78 is 5.96. The molecule has 137 valence electrons. The van der Waals surface area contributed by atoms with E-state index >= 15 is 0 Å². The van der Waals surface area contributed by atoms with E-state index in [4.69, 9.17) is 4.43 Å². The van der Waals surface area contributed by atoms with Gasteiger partial charge >= 0.3 is 0 Å². The molecule has 3 heteroatoms. The molecule has 1 atom stereocenters. The van der Waals surface area contributed by atoms with Gasteiger partial charge in [0.1, 0.15) is 0 Å². The highest BCUT2D eigenvalue weighted by molar-refractivity contribution is 6.48. The summed E-state index contributed by atoms with van der Waals surface area (Å²) in [6.45, 7) is 14.7. The van der Waals surface area contributed by atoms with Crippen LogP contribution in [-0.2, 0) is 10.8 Å². The van der Waals surface area contributed by atoms with Gasteiger partial charge in [0.2, 0.25) is 9.04 Å². The Morgan fingerprint density at radius 1 is 1.00 bits per heavy atom. The standard InChI is InChI=1S/C21H38NOSi/c1-21(2,3)20(18-23-24(4)5)15-11-17-22-16-10-9-14-19-12-7-6-8-13-19/h6-8,12-13,20,22H,9-11,14-18H2,1-5H3. The number of hydrogen-bond acceptors (Lipinski definition) is 2. The molecule has 1 aromatic carbocycles. The van der Waals surface area contributed by atoms with Gasteiger partial charge < -0.3 is 9.74 Å². The maximum Gasteiger partial charge on any atom is 0.204 e. The van der Waals surface area contributed by atoms with Gasteiger partial charge in [-0.1, -0.05) is 51.1 Å². The predicted octanol–water partition coefficient (Wildman–Crippen LogP) is 5.31. The fourth-order valence-electron chi connectivity index (χ4n) is 2.86. The SMILES string of the molecule is C[Si](C)OCC(CCCNCCCCc1ccccc1)C(C)(C)C. The van der Waals surface area contributed by atoms with Gasteiger partial charge in [0.25, 0.3) is 0 Å². The molecule has 1 rings (SSSR count). The number of rotatable bonds is 12. The highest BCUT2D eigenvalue weighted by atomic mass is 28.3. The van der Waals surface area contributed by atoms with E-state index in [1.165, 1.54) is 37.7 Å². The minimum atomic E-state index is -0.572. The van der Waals surface area contributed by atoms with Crippen LogP contribution in [0.15, 0.2) is 30.3 Å². The maximum atomic E-state index is 5.96. The zero-order chi connectivity index (χ0) is 17.8. The van der Waals surface area contributed by atoms with Crippen molar-refractivity contribution in [2.24, 2.45) is 11.3 Å². The molecule has 1 N–H and O–H groups in total. The molecule has 1 radical (unpaired) electrons. The Balaban J connectivity index is 2.06. The van der Waals surface area contributed by atoms with Gasteiger partial charge in [-0.25, -0.2) is 0 Å². The monoisotopic (exact) mass is 348 g/mol. The first kappa shape index (κ1) is 21.4. The van der Waals surface area contributed by atoms with Crippen LogP contribution < -0.4 is 5.32 Å². The summed E-state index contributed by atoms with van der Waals surface area (Å²) in [6.07, 6.45) is 6.24. The largest absolute Gasteiger partial charge is 0.417 e. The molecule has 1 aromatic rings. The van der Waals surface area contributed by atoms with Crippen molar-refractivity contribution in [1.29, 1.82) is 0 Å². The van der Waals surface area contributed by atoms with Crippen LogP contribution in [0.2, 0.25) is 13.1 Å². The minimum Gasteiger partial charge on any atom is -0.417 e. The fraction of sp³-hybridized carbons (Fsp3) is 0.714. The van der Waals surface area contributed by atoms with Crippen LogP contribution in [0.1, 0.15) is 52.0 Å². The first-order chi connectivity index (χ1) is 11.4. The summed E-state index contributed by atoms with van der Waals surface area (Å²) in [7, 11) is -0.572. The molecular weight excluding hydrogens is 310 g/mol. The van der Waals surface area contributed by atoms with Crippen molar-refractivity contribution in [3.63, 3.8) is 0 Å². The molecule has 0 amide bonds. The van der Waals surface area contributed by atoms with E-state index < -0.39 is 9.04 Å². The first-order valence-corrected chi connectivity index (χ1v) is 12.0. The quantitative estimate of drug-likeness (QED) is 0.408. The van der Waals surface area contributed by atoms with Crippen LogP contribution in [0.4, 0.5) is 0 Å². The molecule has 2 nitrogen and oxygen atoms in total. The van der Waals surface area contributed by atoms with Crippen LogP contribution in [0.5, 0.6) is 0 Å². The number of hydrogen-bond donors (Lipinski definition) is 1. The number of nitrogens with one attached hydrogen (secondary N) is 1. The van der Waals surface area contributed by atoms with E-state index in [1.807, 2.05) is 0 Å². The summed E-state index contributed by atoms with van der Waals surface area (Å²) in [5, 5.41) is 3.61. The van der Waals surface area contributed by atoms with Crippen LogP contribution in [-0.4, -0.2) is 28.7 Å². The molecule has 0 spiro atoms. The van der Waals surface area contributed by atoms with Crippen molar-refractivity contribution >= 4 is 9.04 Å². The summed E-state index contributed by atoms with van der Waals surface area (Å²) in [5.74, 6) is 0.664. The van der Waals surface area contributed by atoms with Crippen molar-refractivity contribution in [1.82, 2.24) is 5.32 Å². The molecule has 0 aromatic heterocycles. The summed E-state index contributed by atoms with van der Waals surface area (Å²) in [5.41, 5.74) is 1.80. The van der Waals surface area contributed by atoms with Crippen molar-refractivity contribution in [3.8, 4) is 0 Å². The molecule has 0 aliphatic rings. The molecule has 0 aliphatic heterocycles. The van der Waals surface area contributed by atoms with E-state index in [0.29, 0.717) is 11.3 Å². The molecule has 0 fully saturated rings. The molecular formula is C21H38NOSi. The van der Waals surface area contributed by atoms with Gasteiger partial charge in [-0.05, 0) is 75.2 Å². The van der Waals surface area contributed by atoms with Crippen LogP contribution in [0, 0.1) is 11.3 Å². The highest BCUT2D eigenvalue weighted by Crippen LogP contribution is 2.30. The van der Waals surface area contributed by atoms with Crippen LogP contribution >= 0.6 is 0 Å². The number of aryl methyl sites for hydroxylation is 1. The average molecular weight is 349 g/mol. The zero-order valence-electron chi connectivity index (χ0n) is 16.5. The predicted molar refractivity (Wildman–Crippen MR) is 108 cm³/mol. The van der Waals surface area contributed by atoms with E-state index in [1.54, 1.807) is 0 Å². The Morgan fingerprint density at radius 2 is 1.67 bits per heavy atom. The third-order valence-corrected chi connectivity index (χ3v) is 5.36. The molecule has 1 unspecified atom stereocenters. The Hall–Kier alpha value is -0.643. The second-order valence-electron chi connectivity index (χ2n) is 8.12. The maximum absolute atomic E-state index is 5.96. The smallest absolute Gasteiger partial charge is 0.204 e. The Kier molecular flexibility index (Phi) is 10.6. The molecule has 24 heavy (non-hydrogen) atoms. The second kappa shape index (κ2) is 11.8. The first-order valence-electron chi connectivity index (χ1n) is 9.57. The van der Waals surface area contributed by atoms with E-state index in [-0.39, 0.29) is 0 Å². The summed E-state index contributed by atoms with van der Waals surface area (Å²) in [6, 6.07) is 10.8. The number of benzene rings is 1. The topological polar surface area (TPSA) is 21.3 Å². The van der Waals surface area contributed by atoms with Gasteiger partial charge in [-0.2, -0.15) is 0 Å². The Labute approximate surface area is 152 Å². The summed E-state index contributed by atoms with van der Waals surface area (Å²) in [4.78, 5) is 0. The van der Waals surface area contributed by atoms with Crippen molar-refractivity contribution in [2.45, 2.75) is 66.0 Å². The lowest BCUT2D eigenvalue weighted by atomic mass is 9.78. The van der Waals surface area contributed by atoms with Gasteiger partial charge in [0.15, 0.2) is 0 Å². The van der Waals surface area contributed by atoms with Crippen LogP contribution in [0.25, 0.3) is 0 Å².